The molecule has 2 aliphatic rings. The predicted molar refractivity (Wildman–Crippen MR) is 124 cm³/mol. The zero-order valence-electron chi connectivity index (χ0n) is 18.4. The normalized spacial score (nSPS) is 20.5. The van der Waals surface area contributed by atoms with Gasteiger partial charge in [0.15, 0.2) is 0 Å². The van der Waals surface area contributed by atoms with E-state index in [-0.39, 0.29) is 28.8 Å². The van der Waals surface area contributed by atoms with Crippen molar-refractivity contribution in [2.24, 2.45) is 5.92 Å². The van der Waals surface area contributed by atoms with Gasteiger partial charge in [-0.3, -0.25) is 4.79 Å². The van der Waals surface area contributed by atoms with Gasteiger partial charge in [-0.1, -0.05) is 30.3 Å². The molecule has 178 valence electrons. The Hall–Kier alpha value is -2.27. The minimum absolute atomic E-state index is 0.149. The second kappa shape index (κ2) is 9.92. The molecular weight excluding hydrogens is 462 g/mol. The summed E-state index contributed by atoms with van der Waals surface area (Å²) in [7, 11) is -7.09. The van der Waals surface area contributed by atoms with Gasteiger partial charge >= 0.3 is 0 Å². The third kappa shape index (κ3) is 5.29. The first-order chi connectivity index (χ1) is 15.8. The first kappa shape index (κ1) is 23.9. The molecule has 0 bridgehead atoms. The summed E-state index contributed by atoms with van der Waals surface area (Å²) in [6, 6.07) is 14.8. The number of hydrogen-bond donors (Lipinski definition) is 1. The highest BCUT2D eigenvalue weighted by Gasteiger charge is 2.33. The zero-order valence-corrected chi connectivity index (χ0v) is 20.0. The molecule has 0 aromatic heterocycles. The number of piperidine rings is 1. The van der Waals surface area contributed by atoms with E-state index in [1.807, 2.05) is 0 Å². The van der Waals surface area contributed by atoms with Crippen LogP contribution >= 0.6 is 0 Å². The van der Waals surface area contributed by atoms with Crippen LogP contribution in [0.2, 0.25) is 0 Å². The molecule has 1 atom stereocenters. The molecule has 2 heterocycles. The van der Waals surface area contributed by atoms with Crippen molar-refractivity contribution in [2.75, 3.05) is 26.2 Å². The van der Waals surface area contributed by atoms with Gasteiger partial charge in [0, 0.05) is 32.7 Å². The van der Waals surface area contributed by atoms with Crippen molar-refractivity contribution in [1.82, 2.24) is 13.9 Å². The summed E-state index contributed by atoms with van der Waals surface area (Å²) in [5, 5.41) is 2.87. The summed E-state index contributed by atoms with van der Waals surface area (Å²) in [5.41, 5.74) is 0.785. The lowest BCUT2D eigenvalue weighted by atomic mass is 9.99. The van der Waals surface area contributed by atoms with E-state index in [0.717, 1.165) is 18.4 Å². The Morgan fingerprint density at radius 3 is 2.03 bits per heavy atom. The van der Waals surface area contributed by atoms with Gasteiger partial charge in [-0.2, -0.15) is 8.61 Å². The van der Waals surface area contributed by atoms with Crippen LogP contribution in [0.25, 0.3) is 0 Å². The second-order valence-electron chi connectivity index (χ2n) is 8.49. The Morgan fingerprint density at radius 2 is 1.36 bits per heavy atom. The second-order valence-corrected chi connectivity index (χ2v) is 12.4. The predicted octanol–water partition coefficient (Wildman–Crippen LogP) is 2.19. The van der Waals surface area contributed by atoms with Crippen LogP contribution in [0, 0.1) is 5.92 Å². The lowest BCUT2D eigenvalue weighted by molar-refractivity contribution is -0.126. The SMILES string of the molecule is O=C(NCc1ccc(S(=O)(=O)N2CCCC2)cc1)[C@@H]1CCCN(S(=O)(=O)c2ccccc2)C1. The Labute approximate surface area is 195 Å². The maximum Gasteiger partial charge on any atom is 0.243 e. The molecule has 2 saturated heterocycles. The summed E-state index contributed by atoms with van der Waals surface area (Å²) in [4.78, 5) is 13.2. The van der Waals surface area contributed by atoms with Gasteiger partial charge in [0.05, 0.1) is 15.7 Å². The molecule has 2 aliphatic heterocycles. The molecule has 2 fully saturated rings. The molecule has 0 saturated carbocycles. The molecule has 0 unspecified atom stereocenters. The quantitative estimate of drug-likeness (QED) is 0.639. The minimum Gasteiger partial charge on any atom is -0.352 e. The highest BCUT2D eigenvalue weighted by Crippen LogP contribution is 2.24. The van der Waals surface area contributed by atoms with E-state index in [1.54, 1.807) is 54.6 Å². The van der Waals surface area contributed by atoms with Crippen LogP contribution in [-0.2, 0) is 31.4 Å². The van der Waals surface area contributed by atoms with Gasteiger partial charge < -0.3 is 5.32 Å². The van der Waals surface area contributed by atoms with E-state index in [1.165, 1.54) is 8.61 Å². The van der Waals surface area contributed by atoms with Gasteiger partial charge in [0.2, 0.25) is 26.0 Å². The maximum absolute atomic E-state index is 12.9. The molecule has 33 heavy (non-hydrogen) atoms. The molecule has 2 aromatic carbocycles. The first-order valence-electron chi connectivity index (χ1n) is 11.2. The van der Waals surface area contributed by atoms with Gasteiger partial charge in [0.1, 0.15) is 0 Å². The van der Waals surface area contributed by atoms with Crippen LogP contribution in [0.3, 0.4) is 0 Å². The first-order valence-corrected chi connectivity index (χ1v) is 14.1. The van der Waals surface area contributed by atoms with Crippen molar-refractivity contribution in [3.05, 3.63) is 60.2 Å². The van der Waals surface area contributed by atoms with Crippen molar-refractivity contribution in [3.63, 3.8) is 0 Å². The monoisotopic (exact) mass is 491 g/mol. The van der Waals surface area contributed by atoms with E-state index in [2.05, 4.69) is 5.32 Å². The fourth-order valence-corrected chi connectivity index (χ4v) is 7.37. The number of nitrogens with one attached hydrogen (secondary N) is 1. The Balaban J connectivity index is 1.35. The van der Waals surface area contributed by atoms with E-state index >= 15 is 0 Å². The number of carbonyl (C=O) groups excluding carboxylic acids is 1. The molecule has 1 amide bonds. The molecule has 1 N–H and O–H groups in total. The molecule has 2 aromatic rings. The number of carbonyl (C=O) groups is 1. The van der Waals surface area contributed by atoms with Crippen LogP contribution in [0.1, 0.15) is 31.2 Å². The lowest BCUT2D eigenvalue weighted by Crippen LogP contribution is -2.45. The van der Waals surface area contributed by atoms with Crippen molar-refractivity contribution < 1.29 is 21.6 Å². The minimum atomic E-state index is -3.63. The Bertz CT molecular complexity index is 1180. The lowest BCUT2D eigenvalue weighted by Gasteiger charge is -2.31. The van der Waals surface area contributed by atoms with Gasteiger partial charge in [-0.25, -0.2) is 16.8 Å². The summed E-state index contributed by atoms with van der Waals surface area (Å²) in [6.07, 6.45) is 3.01. The van der Waals surface area contributed by atoms with Gasteiger partial charge in [-0.05, 0) is 55.5 Å². The summed E-state index contributed by atoms with van der Waals surface area (Å²) >= 11 is 0. The maximum atomic E-state index is 12.9. The van der Waals surface area contributed by atoms with Gasteiger partial charge in [-0.15, -0.1) is 0 Å². The van der Waals surface area contributed by atoms with Crippen LogP contribution in [-0.4, -0.2) is 57.5 Å². The molecule has 0 spiro atoms. The largest absolute Gasteiger partial charge is 0.352 e. The highest BCUT2D eigenvalue weighted by atomic mass is 32.2. The van der Waals surface area contributed by atoms with Crippen molar-refractivity contribution in [1.29, 1.82) is 0 Å². The third-order valence-corrected chi connectivity index (χ3v) is 10.0. The summed E-state index contributed by atoms with van der Waals surface area (Å²) < 4.78 is 53.9. The standard InChI is InChI=1S/C23H29N3O5S2/c27-23(20-7-6-16-26(18-20)33(30,31)21-8-2-1-3-9-21)24-17-19-10-12-22(13-11-19)32(28,29)25-14-4-5-15-25/h1-3,8-13,20H,4-7,14-18H2,(H,24,27)/t20-/m1/s1. The summed E-state index contributed by atoms with van der Waals surface area (Å²) in [5.74, 6) is -0.621. The number of nitrogens with zero attached hydrogens (tertiary/aromatic N) is 2. The molecule has 0 aliphatic carbocycles. The number of amides is 1. The van der Waals surface area contributed by atoms with Crippen LogP contribution in [0.5, 0.6) is 0 Å². The molecule has 8 nitrogen and oxygen atoms in total. The number of rotatable bonds is 7. The molecule has 4 rings (SSSR count). The fraction of sp³-hybridized carbons (Fsp3) is 0.435. The van der Waals surface area contributed by atoms with Gasteiger partial charge in [0.25, 0.3) is 0 Å². The molecule has 0 radical (unpaired) electrons. The average molecular weight is 492 g/mol. The smallest absolute Gasteiger partial charge is 0.243 e. The zero-order chi connectivity index (χ0) is 23.5. The third-order valence-electron chi connectivity index (χ3n) is 6.23. The number of benzene rings is 2. The van der Waals surface area contributed by atoms with Crippen molar-refractivity contribution in [3.8, 4) is 0 Å². The number of hydrogen-bond acceptors (Lipinski definition) is 5. The van der Waals surface area contributed by atoms with Crippen LogP contribution in [0.15, 0.2) is 64.4 Å². The van der Waals surface area contributed by atoms with Crippen LogP contribution in [0.4, 0.5) is 0 Å². The topological polar surface area (TPSA) is 104 Å². The number of sulfonamides is 2. The van der Waals surface area contributed by atoms with E-state index in [0.29, 0.717) is 32.5 Å². The van der Waals surface area contributed by atoms with Crippen LogP contribution < -0.4 is 5.32 Å². The summed E-state index contributed by atoms with van der Waals surface area (Å²) in [6.45, 7) is 1.91. The fourth-order valence-electron chi connectivity index (χ4n) is 4.31. The molecule has 10 heteroatoms. The Kier molecular flexibility index (Phi) is 7.18. The Morgan fingerprint density at radius 1 is 0.788 bits per heavy atom. The average Bonchev–Trinajstić information content (AvgIpc) is 3.39. The highest BCUT2D eigenvalue weighted by molar-refractivity contribution is 7.89. The van der Waals surface area contributed by atoms with Crippen molar-refractivity contribution in [2.45, 2.75) is 42.0 Å². The van der Waals surface area contributed by atoms with Crippen molar-refractivity contribution >= 4 is 26.0 Å². The molecular formula is C23H29N3O5S2. The van der Waals surface area contributed by atoms with E-state index in [4.69, 9.17) is 0 Å². The van der Waals surface area contributed by atoms with E-state index < -0.39 is 26.0 Å². The van der Waals surface area contributed by atoms with E-state index in [9.17, 15) is 21.6 Å².